The summed E-state index contributed by atoms with van der Waals surface area (Å²) in [4.78, 5) is 38.8. The van der Waals surface area contributed by atoms with Gasteiger partial charge in [-0.05, 0) is 45.2 Å². The number of carbonyl (C=O) groups is 3. The number of esters is 2. The summed E-state index contributed by atoms with van der Waals surface area (Å²) in [5.41, 5.74) is -0.495. The molecule has 0 radical (unpaired) electrons. The maximum absolute atomic E-state index is 12.6. The SMILES string of the molecule is COC(=O)C1(CCN[C@H](C(=O)OCc2ccccc2)C(C)C)CN(C(=O)OC(C)(C)C)C1. The third-order valence-corrected chi connectivity index (χ3v) is 5.37. The van der Waals surface area contributed by atoms with Gasteiger partial charge < -0.3 is 24.4 Å². The standard InChI is InChI=1S/C24H36N2O6/c1-17(2)19(20(27)31-14-18-10-8-7-9-11-18)25-13-12-24(21(28)30-6)15-26(16-24)22(29)32-23(3,4)5/h7-11,17,19,25H,12-16H2,1-6H3/t19-/m0/s1. The average molecular weight is 449 g/mol. The Bertz CT molecular complexity index is 781. The molecule has 0 spiro atoms. The van der Waals surface area contributed by atoms with Crippen molar-refractivity contribution in [3.05, 3.63) is 35.9 Å². The monoisotopic (exact) mass is 448 g/mol. The van der Waals surface area contributed by atoms with Crippen LogP contribution in [0.2, 0.25) is 0 Å². The number of rotatable bonds is 9. The van der Waals surface area contributed by atoms with Crippen LogP contribution < -0.4 is 5.32 Å². The van der Waals surface area contributed by atoms with Crippen molar-refractivity contribution in [1.29, 1.82) is 0 Å². The summed E-state index contributed by atoms with van der Waals surface area (Å²) in [7, 11) is 1.34. The first-order valence-corrected chi connectivity index (χ1v) is 11.0. The molecule has 8 nitrogen and oxygen atoms in total. The Morgan fingerprint density at radius 2 is 1.75 bits per heavy atom. The molecular weight excluding hydrogens is 412 g/mol. The lowest BCUT2D eigenvalue weighted by molar-refractivity contribution is -0.163. The highest BCUT2D eigenvalue weighted by Gasteiger charge is 2.52. The summed E-state index contributed by atoms with van der Waals surface area (Å²) in [5.74, 6) is -0.696. The smallest absolute Gasteiger partial charge is 0.410 e. The lowest BCUT2D eigenvalue weighted by atomic mass is 9.77. The lowest BCUT2D eigenvalue weighted by Crippen LogP contribution is -2.64. The molecule has 0 aromatic heterocycles. The van der Waals surface area contributed by atoms with E-state index in [1.807, 2.05) is 44.2 Å². The van der Waals surface area contributed by atoms with Gasteiger partial charge in [-0.25, -0.2) is 4.79 Å². The van der Waals surface area contributed by atoms with E-state index >= 15 is 0 Å². The van der Waals surface area contributed by atoms with E-state index in [0.717, 1.165) is 5.56 Å². The largest absolute Gasteiger partial charge is 0.468 e. The molecule has 1 aromatic rings. The van der Waals surface area contributed by atoms with Crippen molar-refractivity contribution >= 4 is 18.0 Å². The summed E-state index contributed by atoms with van der Waals surface area (Å²) >= 11 is 0. The number of benzene rings is 1. The number of nitrogens with one attached hydrogen (secondary N) is 1. The zero-order valence-corrected chi connectivity index (χ0v) is 20.0. The fourth-order valence-electron chi connectivity index (χ4n) is 3.62. The van der Waals surface area contributed by atoms with Crippen molar-refractivity contribution < 1.29 is 28.6 Å². The number of likely N-dealkylation sites (tertiary alicyclic amines) is 1. The summed E-state index contributed by atoms with van der Waals surface area (Å²) in [6.45, 7) is 10.3. The first-order valence-electron chi connectivity index (χ1n) is 11.0. The van der Waals surface area contributed by atoms with Gasteiger partial charge in [0.25, 0.3) is 0 Å². The molecule has 0 aliphatic carbocycles. The van der Waals surface area contributed by atoms with E-state index in [9.17, 15) is 14.4 Å². The Morgan fingerprint density at radius 3 is 2.28 bits per heavy atom. The maximum atomic E-state index is 12.6. The Morgan fingerprint density at radius 1 is 1.12 bits per heavy atom. The van der Waals surface area contributed by atoms with Crippen molar-refractivity contribution in [2.75, 3.05) is 26.7 Å². The summed E-state index contributed by atoms with van der Waals surface area (Å²) in [6.07, 6.45) is -0.0247. The summed E-state index contributed by atoms with van der Waals surface area (Å²) in [5, 5.41) is 3.22. The molecule has 1 fully saturated rings. The highest BCUT2D eigenvalue weighted by molar-refractivity contribution is 5.82. The minimum atomic E-state index is -0.811. The predicted octanol–water partition coefficient (Wildman–Crippen LogP) is 3.14. The molecule has 1 aliphatic rings. The molecule has 0 bridgehead atoms. The Kier molecular flexibility index (Phi) is 8.66. The van der Waals surface area contributed by atoms with Crippen LogP contribution in [0.5, 0.6) is 0 Å². The minimum Gasteiger partial charge on any atom is -0.468 e. The number of methoxy groups -OCH3 is 1. The molecule has 1 atom stereocenters. The summed E-state index contributed by atoms with van der Waals surface area (Å²) < 4.78 is 15.8. The quantitative estimate of drug-likeness (QED) is 0.458. The van der Waals surface area contributed by atoms with Gasteiger partial charge in [0.1, 0.15) is 23.7 Å². The van der Waals surface area contributed by atoms with E-state index in [2.05, 4.69) is 5.32 Å². The van der Waals surface area contributed by atoms with E-state index in [-0.39, 0.29) is 37.6 Å². The highest BCUT2D eigenvalue weighted by atomic mass is 16.6. The van der Waals surface area contributed by atoms with Gasteiger partial charge in [0.05, 0.1) is 7.11 Å². The van der Waals surface area contributed by atoms with Gasteiger partial charge in [0, 0.05) is 13.1 Å². The number of hydrogen-bond acceptors (Lipinski definition) is 7. The topological polar surface area (TPSA) is 94.2 Å². The van der Waals surface area contributed by atoms with Gasteiger partial charge in [-0.2, -0.15) is 0 Å². The molecule has 32 heavy (non-hydrogen) atoms. The van der Waals surface area contributed by atoms with Crippen LogP contribution in [0.15, 0.2) is 30.3 Å². The van der Waals surface area contributed by atoms with Gasteiger partial charge in [0.15, 0.2) is 0 Å². The van der Waals surface area contributed by atoms with E-state index < -0.39 is 23.2 Å². The third-order valence-electron chi connectivity index (χ3n) is 5.37. The number of amides is 1. The van der Waals surface area contributed by atoms with Crippen LogP contribution in [0.25, 0.3) is 0 Å². The second-order valence-electron chi connectivity index (χ2n) is 9.63. The Balaban J connectivity index is 1.90. The van der Waals surface area contributed by atoms with Gasteiger partial charge in [-0.3, -0.25) is 9.59 Å². The zero-order chi connectivity index (χ0) is 23.9. The minimum absolute atomic E-state index is 0.00648. The average Bonchev–Trinajstić information content (AvgIpc) is 2.69. The van der Waals surface area contributed by atoms with Crippen molar-refractivity contribution in [3.8, 4) is 0 Å². The van der Waals surface area contributed by atoms with Crippen molar-refractivity contribution in [3.63, 3.8) is 0 Å². The molecule has 1 aliphatic heterocycles. The molecule has 8 heteroatoms. The van der Waals surface area contributed by atoms with Crippen LogP contribution in [0.3, 0.4) is 0 Å². The van der Waals surface area contributed by atoms with Crippen LogP contribution in [0.4, 0.5) is 4.79 Å². The van der Waals surface area contributed by atoms with Gasteiger partial charge in [-0.15, -0.1) is 0 Å². The lowest BCUT2D eigenvalue weighted by Gasteiger charge is -2.47. The number of nitrogens with zero attached hydrogens (tertiary/aromatic N) is 1. The van der Waals surface area contributed by atoms with Crippen LogP contribution >= 0.6 is 0 Å². The van der Waals surface area contributed by atoms with Crippen LogP contribution in [-0.2, 0) is 30.4 Å². The molecule has 1 amide bonds. The van der Waals surface area contributed by atoms with Crippen LogP contribution in [0, 0.1) is 11.3 Å². The molecule has 2 rings (SSSR count). The number of carbonyl (C=O) groups excluding carboxylic acids is 3. The molecule has 1 aromatic carbocycles. The van der Waals surface area contributed by atoms with Gasteiger partial charge in [0.2, 0.25) is 0 Å². The summed E-state index contributed by atoms with van der Waals surface area (Å²) in [6, 6.07) is 9.00. The Labute approximate surface area is 190 Å². The molecule has 1 heterocycles. The van der Waals surface area contributed by atoms with E-state index in [4.69, 9.17) is 14.2 Å². The first-order chi connectivity index (χ1) is 15.0. The predicted molar refractivity (Wildman–Crippen MR) is 120 cm³/mol. The molecule has 1 N–H and O–H groups in total. The molecular formula is C24H36N2O6. The fourth-order valence-corrected chi connectivity index (χ4v) is 3.62. The zero-order valence-electron chi connectivity index (χ0n) is 20.0. The van der Waals surface area contributed by atoms with Crippen molar-refractivity contribution in [2.45, 2.75) is 59.3 Å². The van der Waals surface area contributed by atoms with E-state index in [1.165, 1.54) is 12.0 Å². The van der Waals surface area contributed by atoms with Gasteiger partial charge in [-0.1, -0.05) is 44.2 Å². The molecule has 1 saturated heterocycles. The second-order valence-corrected chi connectivity index (χ2v) is 9.63. The van der Waals surface area contributed by atoms with Crippen LogP contribution in [-0.4, -0.2) is 61.3 Å². The maximum Gasteiger partial charge on any atom is 0.410 e. The highest BCUT2D eigenvalue weighted by Crippen LogP contribution is 2.36. The molecule has 178 valence electrons. The first kappa shape index (κ1) is 25.6. The van der Waals surface area contributed by atoms with Crippen molar-refractivity contribution in [1.82, 2.24) is 10.2 Å². The fraction of sp³-hybridized carbons (Fsp3) is 0.625. The second kappa shape index (κ2) is 10.8. The van der Waals surface area contributed by atoms with Crippen molar-refractivity contribution in [2.24, 2.45) is 11.3 Å². The normalized spacial score (nSPS) is 16.2. The number of hydrogen-bond donors (Lipinski definition) is 1. The number of ether oxygens (including phenoxy) is 3. The van der Waals surface area contributed by atoms with E-state index in [1.54, 1.807) is 20.8 Å². The van der Waals surface area contributed by atoms with Crippen LogP contribution in [0.1, 0.15) is 46.6 Å². The molecule has 0 saturated carbocycles. The Hall–Kier alpha value is -2.61. The third kappa shape index (κ3) is 6.95. The van der Waals surface area contributed by atoms with E-state index in [0.29, 0.717) is 13.0 Å². The molecule has 0 unspecified atom stereocenters. The van der Waals surface area contributed by atoms with Gasteiger partial charge >= 0.3 is 18.0 Å².